The van der Waals surface area contributed by atoms with Crippen LogP contribution in [0.5, 0.6) is 0 Å². The van der Waals surface area contributed by atoms with E-state index in [1.807, 2.05) is 52.0 Å². The van der Waals surface area contributed by atoms with Crippen LogP contribution in [0.1, 0.15) is 98.1 Å². The Morgan fingerprint density at radius 3 is 1.75 bits per heavy atom. The Balaban J connectivity index is 0.000000266. The van der Waals surface area contributed by atoms with Crippen LogP contribution < -0.4 is 10.6 Å². The number of rotatable bonds is 11. The number of aryl methyl sites for hydroxylation is 4. The average Bonchev–Trinajstić information content (AvgIpc) is 3.33. The summed E-state index contributed by atoms with van der Waals surface area (Å²) in [4.78, 5) is 41.6. The van der Waals surface area contributed by atoms with Crippen LogP contribution in [0.25, 0.3) is 5.57 Å². The van der Waals surface area contributed by atoms with Crippen molar-refractivity contribution in [2.24, 2.45) is 0 Å². The topological polar surface area (TPSA) is 131 Å². The molecule has 2 aromatic rings. The van der Waals surface area contributed by atoms with Crippen LogP contribution in [-0.2, 0) is 35.1 Å². The van der Waals surface area contributed by atoms with E-state index < -0.39 is 5.54 Å². The third-order valence-corrected chi connectivity index (χ3v) is 11.1. The molecule has 1 heterocycles. The molecule has 288 valence electrons. The van der Waals surface area contributed by atoms with Crippen LogP contribution in [-0.4, -0.2) is 59.6 Å². The maximum absolute atomic E-state index is 12.7. The van der Waals surface area contributed by atoms with Gasteiger partial charge in [0.05, 0.1) is 43.0 Å². The fourth-order valence-corrected chi connectivity index (χ4v) is 8.50. The summed E-state index contributed by atoms with van der Waals surface area (Å²) in [6.07, 6.45) is 12.4. The molecule has 0 aromatic heterocycles. The zero-order valence-corrected chi connectivity index (χ0v) is 33.2. The van der Waals surface area contributed by atoms with Gasteiger partial charge in [0.1, 0.15) is 5.76 Å². The van der Waals surface area contributed by atoms with E-state index in [9.17, 15) is 14.7 Å². The molecule has 2 saturated carbocycles. The van der Waals surface area contributed by atoms with Gasteiger partial charge in [-0.3, -0.25) is 9.59 Å². The van der Waals surface area contributed by atoms with Crippen molar-refractivity contribution in [2.75, 3.05) is 13.2 Å². The third kappa shape index (κ3) is 11.4. The summed E-state index contributed by atoms with van der Waals surface area (Å²) in [6, 6.07) is 7.49. The van der Waals surface area contributed by atoms with E-state index in [1.165, 1.54) is 0 Å². The standard InChI is InChI=1S/C21H30ClNO2.C20H24ClNO3.CO2/c1-5-11-25-18-7-9-21(6-2,10-8-18)23-20(24)14-19-15(3)12-17(22)13-16(19)4;1-4-9-25-15-5-7-20(8-6-15)18(23)17(19(24)22-20)16-12(2)10-14(21)11-13(16)3;2-1-3/h5,12-13,18H,1,6-11,14H2,2-4H3,(H,23,24);4,10-11,15,23H,1,5-9H2,2-3H3,(H,22,24);. The van der Waals surface area contributed by atoms with Crippen molar-refractivity contribution in [3.63, 3.8) is 0 Å². The molecule has 3 aliphatic rings. The zero-order valence-electron chi connectivity index (χ0n) is 31.7. The molecule has 11 heteroatoms. The van der Waals surface area contributed by atoms with Gasteiger partial charge in [0.25, 0.3) is 5.91 Å². The Labute approximate surface area is 324 Å². The monoisotopic (exact) mass is 768 g/mol. The van der Waals surface area contributed by atoms with Crippen LogP contribution in [0.15, 0.2) is 55.3 Å². The molecule has 5 rings (SSSR count). The first-order valence-corrected chi connectivity index (χ1v) is 19.0. The highest BCUT2D eigenvalue weighted by molar-refractivity contribution is 6.31. The largest absolute Gasteiger partial charge is 0.509 e. The molecule has 0 atom stereocenters. The van der Waals surface area contributed by atoms with Crippen LogP contribution in [0, 0.1) is 27.7 Å². The first kappa shape index (κ1) is 43.7. The summed E-state index contributed by atoms with van der Waals surface area (Å²) < 4.78 is 11.5. The van der Waals surface area contributed by atoms with Gasteiger partial charge < -0.3 is 25.2 Å². The third-order valence-electron chi connectivity index (χ3n) is 10.7. The lowest BCUT2D eigenvalue weighted by molar-refractivity contribution is -0.191. The molecule has 0 bridgehead atoms. The fraction of sp³-hybridized carbons (Fsp3) is 0.500. The van der Waals surface area contributed by atoms with Crippen molar-refractivity contribution in [1.82, 2.24) is 10.6 Å². The molecule has 3 N–H and O–H groups in total. The molecule has 2 fully saturated rings. The van der Waals surface area contributed by atoms with Crippen LogP contribution in [0.2, 0.25) is 10.0 Å². The Hall–Kier alpha value is -3.72. The molecule has 53 heavy (non-hydrogen) atoms. The highest BCUT2D eigenvalue weighted by atomic mass is 35.5. The van der Waals surface area contributed by atoms with Crippen LogP contribution in [0.3, 0.4) is 0 Å². The second-order valence-electron chi connectivity index (χ2n) is 14.3. The molecule has 0 radical (unpaired) electrons. The van der Waals surface area contributed by atoms with Gasteiger partial charge in [-0.2, -0.15) is 9.59 Å². The van der Waals surface area contributed by atoms with Crippen molar-refractivity contribution in [1.29, 1.82) is 0 Å². The van der Waals surface area contributed by atoms with E-state index in [1.54, 1.807) is 12.2 Å². The number of carbonyl (C=O) groups is 2. The van der Waals surface area contributed by atoms with Gasteiger partial charge in [-0.15, -0.1) is 13.2 Å². The lowest BCUT2D eigenvalue weighted by atomic mass is 9.78. The number of ether oxygens (including phenoxy) is 2. The van der Waals surface area contributed by atoms with E-state index in [0.29, 0.717) is 43.1 Å². The van der Waals surface area contributed by atoms with Crippen LogP contribution >= 0.6 is 23.2 Å². The Morgan fingerprint density at radius 2 is 1.32 bits per heavy atom. The van der Waals surface area contributed by atoms with Crippen LogP contribution in [0.4, 0.5) is 0 Å². The van der Waals surface area contributed by atoms with Gasteiger partial charge in [0, 0.05) is 15.6 Å². The molecule has 2 aromatic carbocycles. The van der Waals surface area contributed by atoms with Gasteiger partial charge in [-0.1, -0.05) is 42.3 Å². The van der Waals surface area contributed by atoms with Crippen molar-refractivity contribution in [3.8, 4) is 0 Å². The van der Waals surface area contributed by atoms with Gasteiger partial charge in [0.15, 0.2) is 0 Å². The number of benzene rings is 2. The highest BCUT2D eigenvalue weighted by Crippen LogP contribution is 2.43. The maximum atomic E-state index is 12.7. The van der Waals surface area contributed by atoms with Gasteiger partial charge in [-0.05, 0) is 143 Å². The van der Waals surface area contributed by atoms with E-state index in [0.717, 1.165) is 83.3 Å². The van der Waals surface area contributed by atoms with Gasteiger partial charge in [-0.25, -0.2) is 0 Å². The lowest BCUT2D eigenvalue weighted by Crippen LogP contribution is -2.51. The van der Waals surface area contributed by atoms with Crippen molar-refractivity contribution in [3.05, 3.63) is 98.8 Å². The second-order valence-corrected chi connectivity index (χ2v) is 15.2. The maximum Gasteiger partial charge on any atom is 0.373 e. The molecule has 0 unspecified atom stereocenters. The summed E-state index contributed by atoms with van der Waals surface area (Å²) in [5.74, 6) is 0.0468. The number of amides is 2. The van der Waals surface area contributed by atoms with Crippen molar-refractivity contribution in [2.45, 2.75) is 122 Å². The Kier molecular flexibility index (Phi) is 16.6. The number of halogens is 2. The summed E-state index contributed by atoms with van der Waals surface area (Å²) in [7, 11) is 0. The molecule has 1 spiro atoms. The van der Waals surface area contributed by atoms with Gasteiger partial charge >= 0.3 is 6.15 Å². The van der Waals surface area contributed by atoms with E-state index in [-0.39, 0.29) is 41.5 Å². The molecule has 9 nitrogen and oxygen atoms in total. The summed E-state index contributed by atoms with van der Waals surface area (Å²) >= 11 is 12.2. The first-order valence-electron chi connectivity index (χ1n) is 18.2. The number of aliphatic hydroxyl groups is 1. The minimum atomic E-state index is -0.668. The molecule has 1 aliphatic heterocycles. The molecular weight excluding hydrogens is 715 g/mol. The molecular formula is C42H54Cl2N2O7. The number of aliphatic hydroxyl groups excluding tert-OH is 1. The minimum absolute atomic E-state index is 0.0979. The zero-order chi connectivity index (χ0) is 39.3. The molecule has 0 saturated heterocycles. The second kappa shape index (κ2) is 20.1. The fourth-order valence-electron chi connectivity index (χ4n) is 7.84. The number of hydrogen-bond acceptors (Lipinski definition) is 7. The Morgan fingerprint density at radius 1 is 0.887 bits per heavy atom. The first-order chi connectivity index (χ1) is 25.2. The summed E-state index contributed by atoms with van der Waals surface area (Å²) in [6.45, 7) is 18.5. The molecule has 2 aliphatic carbocycles. The van der Waals surface area contributed by atoms with Gasteiger partial charge in [0.2, 0.25) is 5.91 Å². The van der Waals surface area contributed by atoms with E-state index >= 15 is 0 Å². The van der Waals surface area contributed by atoms with E-state index in [4.69, 9.17) is 42.3 Å². The SMILES string of the molecule is C=CCOC1CCC(CC)(NC(=O)Cc2c(C)cc(Cl)cc2C)CC1.C=CCOC1CCC2(CC1)NC(=O)C(c1c(C)cc(Cl)cc1C)=C2O.O=C=O. The molecule has 2 amide bonds. The number of hydrogen-bond donors (Lipinski definition) is 3. The average molecular weight is 770 g/mol. The Bertz CT molecular complexity index is 1650. The predicted molar refractivity (Wildman–Crippen MR) is 209 cm³/mol. The minimum Gasteiger partial charge on any atom is -0.509 e. The number of carbonyl (C=O) groups excluding carboxylic acids is 4. The lowest BCUT2D eigenvalue weighted by Gasteiger charge is -2.40. The predicted octanol–water partition coefficient (Wildman–Crippen LogP) is 8.57. The normalized spacial score (nSPS) is 23.5. The van der Waals surface area contributed by atoms with Crippen molar-refractivity contribution >= 4 is 46.7 Å². The highest BCUT2D eigenvalue weighted by Gasteiger charge is 2.48. The summed E-state index contributed by atoms with van der Waals surface area (Å²) in [5.41, 5.74) is 5.41. The number of nitrogens with one attached hydrogen (secondary N) is 2. The van der Waals surface area contributed by atoms with E-state index in [2.05, 4.69) is 30.7 Å². The quantitative estimate of drug-likeness (QED) is 0.195. The van der Waals surface area contributed by atoms with Crippen molar-refractivity contribution < 1.29 is 33.8 Å². The summed E-state index contributed by atoms with van der Waals surface area (Å²) in [5, 5.41) is 18.7. The smallest absolute Gasteiger partial charge is 0.373 e.